The number of likely N-dealkylation sites (tertiary alicyclic amines) is 1. The summed E-state index contributed by atoms with van der Waals surface area (Å²) in [6.45, 7) is 2.80. The summed E-state index contributed by atoms with van der Waals surface area (Å²) in [6, 6.07) is 0. The molecule has 1 fully saturated rings. The maximum absolute atomic E-state index is 12.2. The van der Waals surface area contributed by atoms with Crippen molar-refractivity contribution in [1.29, 1.82) is 0 Å². The number of hydrogen-bond donors (Lipinski definition) is 0. The molecule has 2 nitrogen and oxygen atoms in total. The number of alkyl halides is 4. The van der Waals surface area contributed by atoms with E-state index in [-0.39, 0.29) is 6.42 Å². The normalized spacial score (nSPS) is 26.6. The fourth-order valence-electron chi connectivity index (χ4n) is 1.85. The molecule has 1 heterocycles. The number of carbonyl (C=O) groups excluding carboxylic acids is 1. The van der Waals surface area contributed by atoms with Gasteiger partial charge < -0.3 is 4.90 Å². The predicted molar refractivity (Wildman–Crippen MR) is 55.4 cm³/mol. The Morgan fingerprint density at radius 2 is 2.12 bits per heavy atom. The van der Waals surface area contributed by atoms with Crippen molar-refractivity contribution < 1.29 is 18.0 Å². The molecule has 1 amide bonds. The second kappa shape index (κ2) is 4.82. The third kappa shape index (κ3) is 3.27. The first kappa shape index (κ1) is 13.6. The van der Waals surface area contributed by atoms with Gasteiger partial charge in [-0.3, -0.25) is 4.79 Å². The number of halogens is 4. The number of carbonyl (C=O) groups is 1. The van der Waals surface area contributed by atoms with Crippen LogP contribution in [0.2, 0.25) is 0 Å². The van der Waals surface area contributed by atoms with Gasteiger partial charge in [-0.25, -0.2) is 0 Å². The van der Waals surface area contributed by atoms with E-state index in [4.69, 9.17) is 11.6 Å². The SMILES string of the molecule is CCCCN1CCC(Cl)(CC(F)(F)F)C1=O. The Bertz CT molecular complexity index is 269. The average molecular weight is 258 g/mol. The first-order chi connectivity index (χ1) is 7.28. The molecule has 0 N–H and O–H groups in total. The van der Waals surface area contributed by atoms with Gasteiger partial charge in [0, 0.05) is 13.1 Å². The van der Waals surface area contributed by atoms with Crippen molar-refractivity contribution >= 4 is 17.5 Å². The van der Waals surface area contributed by atoms with E-state index >= 15 is 0 Å². The lowest BCUT2D eigenvalue weighted by molar-refractivity contribution is -0.151. The van der Waals surface area contributed by atoms with E-state index in [0.717, 1.165) is 12.8 Å². The van der Waals surface area contributed by atoms with Gasteiger partial charge in [0.15, 0.2) is 0 Å². The van der Waals surface area contributed by atoms with Gasteiger partial charge >= 0.3 is 6.18 Å². The smallest absolute Gasteiger partial charge is 0.341 e. The van der Waals surface area contributed by atoms with Crippen molar-refractivity contribution in [2.45, 2.75) is 43.7 Å². The Morgan fingerprint density at radius 3 is 2.62 bits per heavy atom. The van der Waals surface area contributed by atoms with Crippen molar-refractivity contribution in [2.24, 2.45) is 0 Å². The van der Waals surface area contributed by atoms with Gasteiger partial charge in [0.2, 0.25) is 5.91 Å². The second-order valence-electron chi connectivity index (χ2n) is 4.15. The van der Waals surface area contributed by atoms with Crippen LogP contribution < -0.4 is 0 Å². The molecule has 1 unspecified atom stereocenters. The molecule has 94 valence electrons. The Morgan fingerprint density at radius 1 is 1.50 bits per heavy atom. The molecule has 6 heteroatoms. The first-order valence-corrected chi connectivity index (χ1v) is 5.71. The van der Waals surface area contributed by atoms with E-state index in [0.29, 0.717) is 13.1 Å². The van der Waals surface area contributed by atoms with Crippen LogP contribution in [0.15, 0.2) is 0 Å². The fourth-order valence-corrected chi connectivity index (χ4v) is 2.20. The monoisotopic (exact) mass is 257 g/mol. The van der Waals surface area contributed by atoms with E-state index in [1.165, 1.54) is 4.90 Å². The summed E-state index contributed by atoms with van der Waals surface area (Å²) in [5.41, 5.74) is 0. The van der Waals surface area contributed by atoms with E-state index in [9.17, 15) is 18.0 Å². The molecule has 0 bridgehead atoms. The summed E-state index contributed by atoms with van der Waals surface area (Å²) in [7, 11) is 0. The maximum Gasteiger partial charge on any atom is 0.391 e. The van der Waals surface area contributed by atoms with Crippen LogP contribution in [-0.4, -0.2) is 34.9 Å². The Labute approximate surface area is 97.7 Å². The van der Waals surface area contributed by atoms with Gasteiger partial charge in [-0.15, -0.1) is 11.6 Å². The highest BCUT2D eigenvalue weighted by Crippen LogP contribution is 2.39. The zero-order valence-electron chi connectivity index (χ0n) is 9.11. The van der Waals surface area contributed by atoms with Crippen LogP contribution in [0.5, 0.6) is 0 Å². The van der Waals surface area contributed by atoms with Gasteiger partial charge in [0.1, 0.15) is 4.87 Å². The highest BCUT2D eigenvalue weighted by molar-refractivity contribution is 6.35. The topological polar surface area (TPSA) is 20.3 Å². The molecule has 0 aromatic carbocycles. The van der Waals surface area contributed by atoms with Crippen molar-refractivity contribution in [3.05, 3.63) is 0 Å². The summed E-state index contributed by atoms with van der Waals surface area (Å²) < 4.78 is 36.7. The maximum atomic E-state index is 12.2. The van der Waals surface area contributed by atoms with E-state index < -0.39 is 23.4 Å². The number of unbranched alkanes of at least 4 members (excludes halogenated alkanes) is 1. The molecule has 0 aromatic heterocycles. The average Bonchev–Trinajstić information content (AvgIpc) is 2.38. The summed E-state index contributed by atoms with van der Waals surface area (Å²) in [6.07, 6.45) is -3.85. The summed E-state index contributed by atoms with van der Waals surface area (Å²) in [5, 5.41) is 0. The molecule has 0 spiro atoms. The second-order valence-corrected chi connectivity index (χ2v) is 4.88. The zero-order valence-corrected chi connectivity index (χ0v) is 9.87. The third-order valence-corrected chi connectivity index (χ3v) is 3.20. The predicted octanol–water partition coefficient (Wildman–Crippen LogP) is 2.95. The van der Waals surface area contributed by atoms with E-state index in [1.807, 2.05) is 6.92 Å². The van der Waals surface area contributed by atoms with Crippen LogP contribution in [-0.2, 0) is 4.79 Å². The molecule has 0 saturated carbocycles. The number of nitrogens with zero attached hydrogens (tertiary/aromatic N) is 1. The molecule has 0 radical (unpaired) electrons. The zero-order chi connectivity index (χ0) is 12.4. The molecular weight excluding hydrogens is 243 g/mol. The highest BCUT2D eigenvalue weighted by atomic mass is 35.5. The van der Waals surface area contributed by atoms with Crippen LogP contribution in [0.3, 0.4) is 0 Å². The molecule has 1 atom stereocenters. The number of rotatable bonds is 4. The van der Waals surface area contributed by atoms with Gasteiger partial charge in [-0.05, 0) is 12.8 Å². The van der Waals surface area contributed by atoms with Crippen LogP contribution in [0.1, 0.15) is 32.6 Å². The molecule has 1 saturated heterocycles. The van der Waals surface area contributed by atoms with Gasteiger partial charge in [0.05, 0.1) is 6.42 Å². The van der Waals surface area contributed by atoms with Gasteiger partial charge in [-0.2, -0.15) is 13.2 Å². The third-order valence-electron chi connectivity index (χ3n) is 2.71. The fraction of sp³-hybridized carbons (Fsp3) is 0.900. The highest BCUT2D eigenvalue weighted by Gasteiger charge is 2.51. The Kier molecular flexibility index (Phi) is 4.10. The summed E-state index contributed by atoms with van der Waals surface area (Å²) in [5.74, 6) is -0.569. The summed E-state index contributed by atoms with van der Waals surface area (Å²) >= 11 is 5.77. The minimum Gasteiger partial charge on any atom is -0.341 e. The molecule has 0 aromatic rings. The quantitative estimate of drug-likeness (QED) is 0.709. The molecule has 1 aliphatic heterocycles. The standard InChI is InChI=1S/C10H15ClF3NO/c1-2-3-5-15-6-4-9(11,8(15)16)7-10(12,13)14/h2-7H2,1H3. The molecule has 1 aliphatic rings. The van der Waals surface area contributed by atoms with Crippen molar-refractivity contribution in [3.8, 4) is 0 Å². The Balaban J connectivity index is 2.61. The van der Waals surface area contributed by atoms with Gasteiger partial charge in [0.25, 0.3) is 0 Å². The minimum absolute atomic E-state index is 0.0800. The molecular formula is C10H15ClF3NO. The Hall–Kier alpha value is -0.450. The lowest BCUT2D eigenvalue weighted by atomic mass is 10.0. The lowest BCUT2D eigenvalue weighted by Crippen LogP contribution is -2.39. The van der Waals surface area contributed by atoms with E-state index in [1.54, 1.807) is 0 Å². The molecule has 16 heavy (non-hydrogen) atoms. The van der Waals surface area contributed by atoms with Crippen molar-refractivity contribution in [1.82, 2.24) is 4.90 Å². The van der Waals surface area contributed by atoms with Crippen LogP contribution >= 0.6 is 11.6 Å². The number of amides is 1. The number of hydrogen-bond acceptors (Lipinski definition) is 1. The lowest BCUT2D eigenvalue weighted by Gasteiger charge is -2.22. The minimum atomic E-state index is -4.39. The summed E-state index contributed by atoms with van der Waals surface area (Å²) in [4.78, 5) is 11.4. The van der Waals surface area contributed by atoms with Crippen molar-refractivity contribution in [2.75, 3.05) is 13.1 Å². The van der Waals surface area contributed by atoms with E-state index in [2.05, 4.69) is 0 Å². The first-order valence-electron chi connectivity index (χ1n) is 5.33. The van der Waals surface area contributed by atoms with Gasteiger partial charge in [-0.1, -0.05) is 13.3 Å². The van der Waals surface area contributed by atoms with Crippen molar-refractivity contribution in [3.63, 3.8) is 0 Å². The van der Waals surface area contributed by atoms with Crippen LogP contribution in [0.4, 0.5) is 13.2 Å². The largest absolute Gasteiger partial charge is 0.391 e. The molecule has 1 rings (SSSR count). The van der Waals surface area contributed by atoms with Crippen LogP contribution in [0.25, 0.3) is 0 Å². The van der Waals surface area contributed by atoms with Crippen LogP contribution in [0, 0.1) is 0 Å². The molecule has 0 aliphatic carbocycles.